The summed E-state index contributed by atoms with van der Waals surface area (Å²) in [5, 5.41) is 3.45. The van der Waals surface area contributed by atoms with Gasteiger partial charge in [0.05, 0.1) is 6.04 Å². The number of piperidine rings is 2. The molecule has 0 saturated carbocycles. The highest BCUT2D eigenvalue weighted by atomic mass is 16.5. The van der Waals surface area contributed by atoms with Gasteiger partial charge in [-0.1, -0.05) is 0 Å². The fourth-order valence-corrected chi connectivity index (χ4v) is 4.88. The fourth-order valence-electron chi connectivity index (χ4n) is 4.88. The molecule has 26 heavy (non-hydrogen) atoms. The normalized spacial score (nSPS) is 27.0. The summed E-state index contributed by atoms with van der Waals surface area (Å²) in [6.07, 6.45) is 8.92. The van der Waals surface area contributed by atoms with Gasteiger partial charge in [-0.25, -0.2) is 0 Å². The second-order valence-corrected chi connectivity index (χ2v) is 8.21. The Morgan fingerprint density at radius 3 is 2.62 bits per heavy atom. The monoisotopic (exact) mass is 358 g/mol. The zero-order valence-electron chi connectivity index (χ0n) is 15.7. The lowest BCUT2D eigenvalue weighted by atomic mass is 9.77. The van der Waals surface area contributed by atoms with Crippen LogP contribution in [0.4, 0.5) is 0 Å². The molecule has 6 nitrogen and oxygen atoms in total. The summed E-state index contributed by atoms with van der Waals surface area (Å²) < 4.78 is 6.02. The lowest BCUT2D eigenvalue weighted by Gasteiger charge is -2.35. The van der Waals surface area contributed by atoms with Gasteiger partial charge in [0.15, 0.2) is 0 Å². The first kappa shape index (κ1) is 17.7. The molecule has 0 unspecified atom stereocenters. The van der Waals surface area contributed by atoms with Gasteiger partial charge in [-0.2, -0.15) is 0 Å². The van der Waals surface area contributed by atoms with Crippen molar-refractivity contribution >= 4 is 5.91 Å². The Balaban J connectivity index is 1.31. The van der Waals surface area contributed by atoms with Gasteiger partial charge in [-0.3, -0.25) is 14.7 Å². The third-order valence-corrected chi connectivity index (χ3v) is 6.40. The van der Waals surface area contributed by atoms with Crippen LogP contribution in [0.2, 0.25) is 0 Å². The van der Waals surface area contributed by atoms with E-state index >= 15 is 0 Å². The molecule has 142 valence electrons. The molecule has 4 heterocycles. The quantitative estimate of drug-likeness (QED) is 0.888. The number of nitrogens with zero attached hydrogens (tertiary/aromatic N) is 3. The average Bonchev–Trinajstić information content (AvgIpc) is 2.99. The van der Waals surface area contributed by atoms with E-state index in [4.69, 9.17) is 4.74 Å². The molecule has 1 amide bonds. The summed E-state index contributed by atoms with van der Waals surface area (Å²) >= 11 is 0. The molecule has 4 rings (SSSR count). The van der Waals surface area contributed by atoms with Crippen LogP contribution in [0.15, 0.2) is 24.5 Å². The van der Waals surface area contributed by atoms with Crippen LogP contribution in [0.5, 0.6) is 5.75 Å². The van der Waals surface area contributed by atoms with Gasteiger partial charge in [0.1, 0.15) is 11.9 Å². The summed E-state index contributed by atoms with van der Waals surface area (Å²) in [5.74, 6) is 1.19. The highest BCUT2D eigenvalue weighted by molar-refractivity contribution is 5.82. The van der Waals surface area contributed by atoms with Gasteiger partial charge in [0.2, 0.25) is 5.91 Å². The topological polar surface area (TPSA) is 57.7 Å². The standard InChI is InChI=1S/C20H30N4O2/c1-23-15-20(6-10-22-11-7-20)14-18(23)19(25)24-12-4-17(5-13-24)26-16-2-8-21-9-3-16/h2-3,8-9,17-18,22H,4-7,10-15H2,1H3/t18-/m0/s1. The lowest BCUT2D eigenvalue weighted by Crippen LogP contribution is -2.48. The Morgan fingerprint density at radius 2 is 1.92 bits per heavy atom. The van der Waals surface area contributed by atoms with E-state index in [-0.39, 0.29) is 12.1 Å². The van der Waals surface area contributed by atoms with Crippen LogP contribution in [0.3, 0.4) is 0 Å². The number of pyridine rings is 1. The maximum Gasteiger partial charge on any atom is 0.239 e. The molecule has 3 aliphatic heterocycles. The van der Waals surface area contributed by atoms with Crippen LogP contribution in [-0.4, -0.2) is 72.6 Å². The third kappa shape index (κ3) is 3.71. The summed E-state index contributed by atoms with van der Waals surface area (Å²) in [5.41, 5.74) is 0.350. The number of carbonyl (C=O) groups is 1. The highest BCUT2D eigenvalue weighted by Gasteiger charge is 2.46. The number of rotatable bonds is 3. The third-order valence-electron chi connectivity index (χ3n) is 6.40. The Morgan fingerprint density at radius 1 is 1.23 bits per heavy atom. The van der Waals surface area contributed by atoms with Crippen LogP contribution in [-0.2, 0) is 4.79 Å². The first-order valence-corrected chi connectivity index (χ1v) is 9.92. The molecule has 1 N–H and O–H groups in total. The van der Waals surface area contributed by atoms with Crippen molar-refractivity contribution in [2.24, 2.45) is 5.41 Å². The first-order valence-electron chi connectivity index (χ1n) is 9.92. The predicted molar refractivity (Wildman–Crippen MR) is 100 cm³/mol. The number of aromatic nitrogens is 1. The van der Waals surface area contributed by atoms with Crippen molar-refractivity contribution in [2.45, 2.75) is 44.2 Å². The van der Waals surface area contributed by atoms with Crippen molar-refractivity contribution in [3.8, 4) is 5.75 Å². The molecule has 0 aliphatic carbocycles. The zero-order valence-corrected chi connectivity index (χ0v) is 15.7. The maximum atomic E-state index is 13.1. The first-order chi connectivity index (χ1) is 12.7. The van der Waals surface area contributed by atoms with E-state index in [1.165, 1.54) is 12.8 Å². The number of ether oxygens (including phenoxy) is 1. The van der Waals surface area contributed by atoms with E-state index in [1.807, 2.05) is 12.1 Å². The molecule has 0 aromatic carbocycles. The smallest absolute Gasteiger partial charge is 0.239 e. The molecule has 0 radical (unpaired) electrons. The number of likely N-dealkylation sites (tertiary alicyclic amines) is 2. The van der Waals surface area contributed by atoms with Gasteiger partial charge in [0, 0.05) is 44.9 Å². The minimum absolute atomic E-state index is 0.0609. The van der Waals surface area contributed by atoms with E-state index in [2.05, 4.69) is 27.1 Å². The molecule has 0 bridgehead atoms. The van der Waals surface area contributed by atoms with Crippen molar-refractivity contribution < 1.29 is 9.53 Å². The number of likely N-dealkylation sites (N-methyl/N-ethyl adjacent to an activating group) is 1. The van der Waals surface area contributed by atoms with E-state index in [0.717, 1.165) is 57.7 Å². The van der Waals surface area contributed by atoms with Crippen LogP contribution >= 0.6 is 0 Å². The minimum Gasteiger partial charge on any atom is -0.490 e. The zero-order chi connectivity index (χ0) is 18.0. The van der Waals surface area contributed by atoms with Gasteiger partial charge in [-0.15, -0.1) is 0 Å². The predicted octanol–water partition coefficient (Wildman–Crippen LogP) is 1.53. The molecule has 1 aromatic heterocycles. The number of amides is 1. The summed E-state index contributed by atoms with van der Waals surface area (Å²) in [4.78, 5) is 21.5. The van der Waals surface area contributed by atoms with Gasteiger partial charge < -0.3 is 15.0 Å². The van der Waals surface area contributed by atoms with Crippen LogP contribution in [0, 0.1) is 5.41 Å². The molecule has 3 saturated heterocycles. The van der Waals surface area contributed by atoms with E-state index in [0.29, 0.717) is 11.3 Å². The van der Waals surface area contributed by atoms with Gasteiger partial charge in [-0.05, 0) is 56.9 Å². The van der Waals surface area contributed by atoms with Crippen molar-refractivity contribution in [3.05, 3.63) is 24.5 Å². The number of hydrogen-bond donors (Lipinski definition) is 1. The van der Waals surface area contributed by atoms with E-state index in [1.54, 1.807) is 12.4 Å². The van der Waals surface area contributed by atoms with Crippen LogP contribution in [0.25, 0.3) is 0 Å². The van der Waals surface area contributed by atoms with Crippen molar-refractivity contribution in [1.82, 2.24) is 20.1 Å². The van der Waals surface area contributed by atoms with E-state index in [9.17, 15) is 4.79 Å². The number of hydrogen-bond acceptors (Lipinski definition) is 5. The van der Waals surface area contributed by atoms with Crippen molar-refractivity contribution in [3.63, 3.8) is 0 Å². The fraction of sp³-hybridized carbons (Fsp3) is 0.700. The lowest BCUT2D eigenvalue weighted by molar-refractivity contribution is -0.137. The Kier molecular flexibility index (Phi) is 5.14. The summed E-state index contributed by atoms with van der Waals surface area (Å²) in [6.45, 7) is 4.84. The molecular weight excluding hydrogens is 328 g/mol. The second kappa shape index (κ2) is 7.53. The highest BCUT2D eigenvalue weighted by Crippen LogP contribution is 2.41. The molecule has 1 aromatic rings. The van der Waals surface area contributed by atoms with Gasteiger partial charge in [0.25, 0.3) is 0 Å². The molecule has 1 atom stereocenters. The largest absolute Gasteiger partial charge is 0.490 e. The SMILES string of the molecule is CN1CC2(CCNCC2)C[C@H]1C(=O)N1CCC(Oc2ccncc2)CC1. The summed E-state index contributed by atoms with van der Waals surface area (Å²) in [6, 6.07) is 3.85. The molecule has 3 fully saturated rings. The summed E-state index contributed by atoms with van der Waals surface area (Å²) in [7, 11) is 2.12. The van der Waals surface area contributed by atoms with Gasteiger partial charge >= 0.3 is 0 Å². The molecule has 1 spiro atoms. The number of carbonyl (C=O) groups excluding carboxylic acids is 1. The molecule has 3 aliphatic rings. The molecule has 6 heteroatoms. The Hall–Kier alpha value is -1.66. The Labute approximate surface area is 155 Å². The molecular formula is C20H30N4O2. The number of nitrogens with one attached hydrogen (secondary N) is 1. The minimum atomic E-state index is 0.0609. The van der Waals surface area contributed by atoms with Crippen LogP contribution in [0.1, 0.15) is 32.1 Å². The van der Waals surface area contributed by atoms with Crippen molar-refractivity contribution in [1.29, 1.82) is 0 Å². The van der Waals surface area contributed by atoms with E-state index < -0.39 is 0 Å². The Bertz CT molecular complexity index is 609. The second-order valence-electron chi connectivity index (χ2n) is 8.21. The maximum absolute atomic E-state index is 13.1. The average molecular weight is 358 g/mol. The van der Waals surface area contributed by atoms with Crippen molar-refractivity contribution in [2.75, 3.05) is 39.8 Å². The van der Waals surface area contributed by atoms with Crippen LogP contribution < -0.4 is 10.1 Å².